The van der Waals surface area contributed by atoms with Crippen LogP contribution in [0.4, 0.5) is 0 Å². The third-order valence-electron chi connectivity index (χ3n) is 10.2. The van der Waals surface area contributed by atoms with Crippen molar-refractivity contribution in [2.75, 3.05) is 0 Å². The van der Waals surface area contributed by atoms with Crippen molar-refractivity contribution in [3.05, 3.63) is 207 Å². The van der Waals surface area contributed by atoms with Gasteiger partial charge in [0.1, 0.15) is 0 Å². The molecule has 0 saturated carbocycles. The molecule has 0 bridgehead atoms. The molecular formula is C52H34N6. The Kier molecular flexibility index (Phi) is 9.10. The highest BCUT2D eigenvalue weighted by Crippen LogP contribution is 2.33. The Morgan fingerprint density at radius 3 is 1.07 bits per heavy atom. The first-order valence-corrected chi connectivity index (χ1v) is 19.2. The van der Waals surface area contributed by atoms with Crippen LogP contribution in [0.3, 0.4) is 0 Å². The quantitative estimate of drug-likeness (QED) is 0.154. The number of hydrogen-bond acceptors (Lipinski definition) is 6. The SMILES string of the molecule is c1ccc(-c2nc(-c3ccccc3)nc(-c3ccc4cc(-c5ccc(-c6ccc(-c7cc(-c8ccccn8)nc(-c8ccccn8)c7)cc6)cc5)ccc4c3)n2)cc1. The van der Waals surface area contributed by atoms with Crippen molar-refractivity contribution in [2.24, 2.45) is 0 Å². The molecule has 0 aliphatic rings. The van der Waals surface area contributed by atoms with Crippen molar-refractivity contribution in [2.45, 2.75) is 0 Å². The number of benzene rings is 6. The van der Waals surface area contributed by atoms with Crippen LogP contribution in [0.25, 0.3) is 101 Å². The number of rotatable bonds is 8. The van der Waals surface area contributed by atoms with Crippen molar-refractivity contribution in [3.8, 4) is 90.3 Å². The van der Waals surface area contributed by atoms with E-state index in [2.05, 4.69) is 107 Å². The molecule has 6 aromatic carbocycles. The van der Waals surface area contributed by atoms with Gasteiger partial charge in [-0.2, -0.15) is 0 Å². The summed E-state index contributed by atoms with van der Waals surface area (Å²) < 4.78 is 0. The third kappa shape index (κ3) is 7.14. The summed E-state index contributed by atoms with van der Waals surface area (Å²) in [6, 6.07) is 66.6. The minimum absolute atomic E-state index is 0.645. The lowest BCUT2D eigenvalue weighted by atomic mass is 9.96. The van der Waals surface area contributed by atoms with Crippen LogP contribution in [0, 0.1) is 0 Å². The Balaban J connectivity index is 0.911. The van der Waals surface area contributed by atoms with Gasteiger partial charge in [0.05, 0.1) is 22.8 Å². The molecule has 0 fully saturated rings. The predicted octanol–water partition coefficient (Wildman–Crippen LogP) is 12.5. The molecule has 0 unspecified atom stereocenters. The van der Waals surface area contributed by atoms with Crippen molar-refractivity contribution in [1.82, 2.24) is 29.9 Å². The van der Waals surface area contributed by atoms with Gasteiger partial charge in [-0.05, 0) is 92.7 Å². The molecule has 0 radical (unpaired) electrons. The fourth-order valence-electron chi connectivity index (χ4n) is 7.20. The molecule has 4 aromatic heterocycles. The van der Waals surface area contributed by atoms with E-state index in [9.17, 15) is 0 Å². The number of hydrogen-bond donors (Lipinski definition) is 0. The highest BCUT2D eigenvalue weighted by molar-refractivity contribution is 5.90. The van der Waals surface area contributed by atoms with Crippen molar-refractivity contribution in [3.63, 3.8) is 0 Å². The fraction of sp³-hybridized carbons (Fsp3) is 0. The van der Waals surface area contributed by atoms with Gasteiger partial charge in [0.25, 0.3) is 0 Å². The maximum Gasteiger partial charge on any atom is 0.164 e. The molecule has 0 spiro atoms. The van der Waals surface area contributed by atoms with Crippen molar-refractivity contribution in [1.29, 1.82) is 0 Å². The number of aromatic nitrogens is 6. The Bertz CT molecular complexity index is 2890. The first-order chi connectivity index (χ1) is 28.7. The molecule has 0 amide bonds. The normalized spacial score (nSPS) is 11.1. The number of nitrogens with zero attached hydrogens (tertiary/aromatic N) is 6. The van der Waals surface area contributed by atoms with Gasteiger partial charge in [-0.15, -0.1) is 0 Å². The lowest BCUT2D eigenvalue weighted by Gasteiger charge is -2.11. The number of fused-ring (bicyclic) bond motifs is 1. The van der Waals surface area contributed by atoms with Crippen LogP contribution in [0.1, 0.15) is 0 Å². The van der Waals surface area contributed by atoms with Crippen molar-refractivity contribution >= 4 is 10.8 Å². The van der Waals surface area contributed by atoms with Crippen LogP contribution < -0.4 is 0 Å². The molecule has 0 atom stereocenters. The lowest BCUT2D eigenvalue weighted by molar-refractivity contribution is 1.07. The molecule has 10 aromatic rings. The van der Waals surface area contributed by atoms with E-state index in [0.717, 1.165) is 83.6 Å². The minimum atomic E-state index is 0.645. The largest absolute Gasteiger partial charge is 0.255 e. The molecule has 10 rings (SSSR count). The maximum absolute atomic E-state index is 4.93. The fourth-order valence-corrected chi connectivity index (χ4v) is 7.20. The zero-order valence-corrected chi connectivity index (χ0v) is 31.3. The van der Waals surface area contributed by atoms with Gasteiger partial charge in [0.15, 0.2) is 17.5 Å². The maximum atomic E-state index is 4.93. The molecular weight excluding hydrogens is 709 g/mol. The van der Waals surface area contributed by atoms with Gasteiger partial charge in [-0.1, -0.05) is 146 Å². The Morgan fingerprint density at radius 2 is 0.603 bits per heavy atom. The van der Waals surface area contributed by atoms with Gasteiger partial charge < -0.3 is 0 Å². The van der Waals surface area contributed by atoms with E-state index in [-0.39, 0.29) is 0 Å². The number of pyridine rings is 3. The van der Waals surface area contributed by atoms with E-state index < -0.39 is 0 Å². The Hall–Kier alpha value is -7.96. The highest BCUT2D eigenvalue weighted by Gasteiger charge is 2.14. The van der Waals surface area contributed by atoms with Crippen LogP contribution in [-0.2, 0) is 0 Å². The predicted molar refractivity (Wildman–Crippen MR) is 234 cm³/mol. The molecule has 4 heterocycles. The summed E-state index contributed by atoms with van der Waals surface area (Å²) in [6.45, 7) is 0. The molecule has 272 valence electrons. The standard InChI is InChI=1S/C52H34N6/c1-3-11-39(12-4-1)50-56-51(40-13-5-2-6-14-40)58-52(57-50)44-28-27-42-31-41(25-26-43(42)32-44)37-21-17-35(18-22-37)36-19-23-38(24-20-36)45-33-48(46-15-7-9-29-53-46)55-49(34-45)47-16-8-10-30-54-47/h1-34H. The van der Waals surface area contributed by atoms with E-state index in [1.165, 1.54) is 0 Å². The third-order valence-corrected chi connectivity index (χ3v) is 10.2. The smallest absolute Gasteiger partial charge is 0.164 e. The average Bonchev–Trinajstić information content (AvgIpc) is 3.32. The van der Waals surface area contributed by atoms with Gasteiger partial charge in [0.2, 0.25) is 0 Å². The second kappa shape index (κ2) is 15.3. The molecule has 0 N–H and O–H groups in total. The molecule has 6 heteroatoms. The van der Waals surface area contributed by atoms with E-state index >= 15 is 0 Å². The van der Waals surface area contributed by atoms with Gasteiger partial charge >= 0.3 is 0 Å². The van der Waals surface area contributed by atoms with Gasteiger partial charge in [-0.25, -0.2) is 19.9 Å². The summed E-state index contributed by atoms with van der Waals surface area (Å²) in [7, 11) is 0. The summed E-state index contributed by atoms with van der Waals surface area (Å²) in [5, 5.41) is 2.27. The zero-order chi connectivity index (χ0) is 38.7. The summed E-state index contributed by atoms with van der Waals surface area (Å²) in [6.07, 6.45) is 3.59. The van der Waals surface area contributed by atoms with E-state index in [1.54, 1.807) is 12.4 Å². The van der Waals surface area contributed by atoms with Gasteiger partial charge in [0, 0.05) is 29.1 Å². The second-order valence-corrected chi connectivity index (χ2v) is 14.0. The van der Waals surface area contributed by atoms with E-state index in [4.69, 9.17) is 19.9 Å². The summed E-state index contributed by atoms with van der Waals surface area (Å²) in [5.41, 5.74) is 12.9. The molecule has 6 nitrogen and oxygen atoms in total. The van der Waals surface area contributed by atoms with Crippen molar-refractivity contribution < 1.29 is 0 Å². The molecule has 0 aliphatic carbocycles. The monoisotopic (exact) mass is 742 g/mol. The molecule has 0 aliphatic heterocycles. The lowest BCUT2D eigenvalue weighted by Crippen LogP contribution is -2.00. The average molecular weight is 743 g/mol. The highest BCUT2D eigenvalue weighted by atomic mass is 15.0. The zero-order valence-electron chi connectivity index (χ0n) is 31.3. The molecule has 0 saturated heterocycles. The van der Waals surface area contributed by atoms with Crippen LogP contribution >= 0.6 is 0 Å². The molecule has 58 heavy (non-hydrogen) atoms. The Morgan fingerprint density at radius 1 is 0.224 bits per heavy atom. The summed E-state index contributed by atoms with van der Waals surface area (Å²) >= 11 is 0. The van der Waals surface area contributed by atoms with Gasteiger partial charge in [-0.3, -0.25) is 9.97 Å². The summed E-state index contributed by atoms with van der Waals surface area (Å²) in [4.78, 5) is 28.7. The van der Waals surface area contributed by atoms with E-state index in [1.807, 2.05) is 97.1 Å². The topological polar surface area (TPSA) is 77.3 Å². The second-order valence-electron chi connectivity index (χ2n) is 14.0. The minimum Gasteiger partial charge on any atom is -0.255 e. The van der Waals surface area contributed by atoms with E-state index in [0.29, 0.717) is 17.5 Å². The van der Waals surface area contributed by atoms with Crippen LogP contribution in [0.5, 0.6) is 0 Å². The van der Waals surface area contributed by atoms with Crippen LogP contribution in [-0.4, -0.2) is 29.9 Å². The Labute approximate surface area is 336 Å². The van der Waals surface area contributed by atoms with Crippen LogP contribution in [0.15, 0.2) is 207 Å². The first kappa shape index (κ1) is 34.5. The first-order valence-electron chi connectivity index (χ1n) is 19.2. The van der Waals surface area contributed by atoms with Crippen LogP contribution in [0.2, 0.25) is 0 Å². The summed E-state index contributed by atoms with van der Waals surface area (Å²) in [5.74, 6) is 1.95.